The topological polar surface area (TPSA) is 37.8 Å². The average molecular weight is 174 g/mol. The minimum absolute atomic E-state index is 0.0979. The van der Waals surface area contributed by atoms with E-state index in [1.165, 1.54) is 0 Å². The van der Waals surface area contributed by atoms with Crippen molar-refractivity contribution in [3.05, 3.63) is 40.8 Å². The van der Waals surface area contributed by atoms with Gasteiger partial charge < -0.3 is 4.98 Å². The molecule has 3 heteroatoms. The average Bonchev–Trinajstić information content (AvgIpc) is 2.44. The first-order valence-electron chi connectivity index (χ1n) is 4.15. The number of nitrogens with one attached hydrogen (secondary N) is 1. The number of imidazole rings is 1. The van der Waals surface area contributed by atoms with Gasteiger partial charge in [0.05, 0.1) is 11.0 Å². The number of hydrogen-bond acceptors (Lipinski definition) is 1. The minimum Gasteiger partial charge on any atom is -0.305 e. The number of para-hydroxylation sites is 2. The quantitative estimate of drug-likeness (QED) is 0.703. The van der Waals surface area contributed by atoms with Crippen molar-refractivity contribution in [2.45, 2.75) is 6.92 Å². The van der Waals surface area contributed by atoms with Crippen LogP contribution in [0.4, 0.5) is 0 Å². The Morgan fingerprint density at radius 2 is 2.15 bits per heavy atom. The molecule has 0 atom stereocenters. The second-order valence-electron chi connectivity index (χ2n) is 2.80. The molecule has 0 radical (unpaired) electrons. The molecule has 0 spiro atoms. The molecule has 1 aromatic heterocycles. The summed E-state index contributed by atoms with van der Waals surface area (Å²) in [7, 11) is 0. The molecule has 13 heavy (non-hydrogen) atoms. The summed E-state index contributed by atoms with van der Waals surface area (Å²) < 4.78 is 1.59. The van der Waals surface area contributed by atoms with Gasteiger partial charge in [0.15, 0.2) is 0 Å². The fourth-order valence-corrected chi connectivity index (χ4v) is 1.37. The number of benzene rings is 1. The third-order valence-electron chi connectivity index (χ3n) is 1.92. The Morgan fingerprint density at radius 1 is 1.38 bits per heavy atom. The Labute approximate surface area is 75.3 Å². The fraction of sp³-hybridized carbons (Fsp3) is 0.100. The molecule has 0 amide bonds. The Morgan fingerprint density at radius 3 is 2.92 bits per heavy atom. The Balaban J connectivity index is 2.86. The summed E-state index contributed by atoms with van der Waals surface area (Å²) in [4.78, 5) is 14.2. The SMILES string of the molecule is C/C=C\n1c(=O)[nH]c2ccccc21. The van der Waals surface area contributed by atoms with Gasteiger partial charge in [0, 0.05) is 6.20 Å². The molecule has 2 rings (SSSR count). The highest BCUT2D eigenvalue weighted by atomic mass is 16.1. The van der Waals surface area contributed by atoms with Crippen molar-refractivity contribution in [2.24, 2.45) is 0 Å². The van der Waals surface area contributed by atoms with Gasteiger partial charge in [-0.3, -0.25) is 4.57 Å². The Hall–Kier alpha value is -1.77. The zero-order valence-corrected chi connectivity index (χ0v) is 7.32. The van der Waals surface area contributed by atoms with Gasteiger partial charge >= 0.3 is 5.69 Å². The van der Waals surface area contributed by atoms with E-state index < -0.39 is 0 Å². The van der Waals surface area contributed by atoms with E-state index in [1.807, 2.05) is 37.3 Å². The van der Waals surface area contributed by atoms with Crippen molar-refractivity contribution in [1.82, 2.24) is 9.55 Å². The van der Waals surface area contributed by atoms with E-state index in [9.17, 15) is 4.79 Å². The fourth-order valence-electron chi connectivity index (χ4n) is 1.37. The smallest absolute Gasteiger partial charge is 0.305 e. The van der Waals surface area contributed by atoms with Crippen LogP contribution in [0, 0.1) is 0 Å². The maximum atomic E-state index is 11.4. The van der Waals surface area contributed by atoms with Crippen LogP contribution in [-0.4, -0.2) is 9.55 Å². The van der Waals surface area contributed by atoms with Gasteiger partial charge in [-0.2, -0.15) is 0 Å². The number of fused-ring (bicyclic) bond motifs is 1. The van der Waals surface area contributed by atoms with E-state index in [0.717, 1.165) is 11.0 Å². The highest BCUT2D eigenvalue weighted by Gasteiger charge is 2.00. The summed E-state index contributed by atoms with van der Waals surface area (Å²) in [5.74, 6) is 0. The van der Waals surface area contributed by atoms with Crippen LogP contribution in [0.3, 0.4) is 0 Å². The molecule has 0 saturated heterocycles. The maximum absolute atomic E-state index is 11.4. The summed E-state index contributed by atoms with van der Waals surface area (Å²) in [5.41, 5.74) is 1.68. The standard InChI is InChI=1S/C10H10N2O/c1-2-7-12-9-6-4-3-5-8(9)11-10(12)13/h2-7H,1H3,(H,11,13)/b7-2-. The molecule has 3 nitrogen and oxygen atoms in total. The van der Waals surface area contributed by atoms with E-state index >= 15 is 0 Å². The third-order valence-corrected chi connectivity index (χ3v) is 1.92. The molecule has 0 fully saturated rings. The third kappa shape index (κ3) is 1.18. The van der Waals surface area contributed by atoms with Crippen LogP contribution in [0.2, 0.25) is 0 Å². The van der Waals surface area contributed by atoms with E-state index in [0.29, 0.717) is 0 Å². The number of nitrogens with zero attached hydrogens (tertiary/aromatic N) is 1. The van der Waals surface area contributed by atoms with Crippen LogP contribution >= 0.6 is 0 Å². The Kier molecular flexibility index (Phi) is 1.77. The number of allylic oxidation sites excluding steroid dienone is 1. The molecular weight excluding hydrogens is 164 g/mol. The Bertz CT molecular complexity index is 505. The first-order chi connectivity index (χ1) is 6.33. The molecule has 0 aliphatic rings. The van der Waals surface area contributed by atoms with Crippen LogP contribution in [0.5, 0.6) is 0 Å². The number of aromatic amines is 1. The lowest BCUT2D eigenvalue weighted by Crippen LogP contribution is -2.10. The predicted molar refractivity (Wildman–Crippen MR) is 53.6 cm³/mol. The van der Waals surface area contributed by atoms with Crippen molar-refractivity contribution in [1.29, 1.82) is 0 Å². The first-order valence-corrected chi connectivity index (χ1v) is 4.15. The molecule has 0 bridgehead atoms. The number of rotatable bonds is 1. The highest BCUT2D eigenvalue weighted by Crippen LogP contribution is 2.08. The largest absolute Gasteiger partial charge is 0.330 e. The molecule has 0 aliphatic heterocycles. The van der Waals surface area contributed by atoms with Crippen molar-refractivity contribution in [2.75, 3.05) is 0 Å². The van der Waals surface area contributed by atoms with Crippen LogP contribution in [-0.2, 0) is 0 Å². The summed E-state index contributed by atoms with van der Waals surface area (Å²) >= 11 is 0. The lowest BCUT2D eigenvalue weighted by atomic mass is 10.3. The molecule has 2 aromatic rings. The van der Waals surface area contributed by atoms with Crippen molar-refractivity contribution < 1.29 is 0 Å². The van der Waals surface area contributed by atoms with Gasteiger partial charge in [0.25, 0.3) is 0 Å². The predicted octanol–water partition coefficient (Wildman–Crippen LogP) is 1.82. The zero-order chi connectivity index (χ0) is 9.26. The van der Waals surface area contributed by atoms with Crippen LogP contribution < -0.4 is 5.69 Å². The van der Waals surface area contributed by atoms with E-state index in [2.05, 4.69) is 4.98 Å². The molecule has 0 aliphatic carbocycles. The van der Waals surface area contributed by atoms with E-state index in [1.54, 1.807) is 10.8 Å². The monoisotopic (exact) mass is 174 g/mol. The zero-order valence-electron chi connectivity index (χ0n) is 7.32. The van der Waals surface area contributed by atoms with Gasteiger partial charge in [0.2, 0.25) is 0 Å². The van der Waals surface area contributed by atoms with E-state index in [-0.39, 0.29) is 5.69 Å². The second kappa shape index (κ2) is 2.94. The molecule has 1 aromatic carbocycles. The highest BCUT2D eigenvalue weighted by molar-refractivity contribution is 5.77. The summed E-state index contributed by atoms with van der Waals surface area (Å²) in [6.45, 7) is 1.88. The van der Waals surface area contributed by atoms with Gasteiger partial charge in [0.1, 0.15) is 0 Å². The van der Waals surface area contributed by atoms with Gasteiger partial charge in [-0.15, -0.1) is 0 Å². The minimum atomic E-state index is -0.0979. The normalized spacial score (nSPS) is 11.5. The second-order valence-corrected chi connectivity index (χ2v) is 2.80. The lowest BCUT2D eigenvalue weighted by Gasteiger charge is -1.92. The summed E-state index contributed by atoms with van der Waals surface area (Å²) in [6, 6.07) is 7.61. The van der Waals surface area contributed by atoms with E-state index in [4.69, 9.17) is 0 Å². The molecule has 1 heterocycles. The first kappa shape index (κ1) is 7.86. The maximum Gasteiger partial charge on any atom is 0.330 e. The summed E-state index contributed by atoms with van der Waals surface area (Å²) in [6.07, 6.45) is 3.59. The molecule has 1 N–H and O–H groups in total. The van der Waals surface area contributed by atoms with Crippen LogP contribution in [0.15, 0.2) is 35.1 Å². The molecule has 66 valence electrons. The summed E-state index contributed by atoms with van der Waals surface area (Å²) in [5, 5.41) is 0. The number of hydrogen-bond donors (Lipinski definition) is 1. The van der Waals surface area contributed by atoms with Crippen molar-refractivity contribution in [3.63, 3.8) is 0 Å². The molecular formula is C10H10N2O. The molecule has 0 saturated carbocycles. The van der Waals surface area contributed by atoms with Gasteiger partial charge in [-0.25, -0.2) is 4.79 Å². The molecule has 0 unspecified atom stereocenters. The number of aromatic nitrogens is 2. The lowest BCUT2D eigenvalue weighted by molar-refractivity contribution is 1.08. The van der Waals surface area contributed by atoms with Crippen LogP contribution in [0.25, 0.3) is 17.2 Å². The van der Waals surface area contributed by atoms with Crippen molar-refractivity contribution >= 4 is 17.2 Å². The number of H-pyrrole nitrogens is 1. The van der Waals surface area contributed by atoms with Crippen molar-refractivity contribution in [3.8, 4) is 0 Å². The van der Waals surface area contributed by atoms with Crippen LogP contribution in [0.1, 0.15) is 6.92 Å². The van der Waals surface area contributed by atoms with Gasteiger partial charge in [-0.05, 0) is 19.1 Å². The van der Waals surface area contributed by atoms with Gasteiger partial charge in [-0.1, -0.05) is 18.2 Å².